The van der Waals surface area contributed by atoms with Crippen molar-refractivity contribution in [3.05, 3.63) is 17.7 Å². The van der Waals surface area contributed by atoms with E-state index >= 15 is 0 Å². The first-order valence-electron chi connectivity index (χ1n) is 8.60. The van der Waals surface area contributed by atoms with E-state index in [0.29, 0.717) is 36.3 Å². The minimum Gasteiger partial charge on any atom is -0.496 e. The van der Waals surface area contributed by atoms with Crippen molar-refractivity contribution >= 4 is 5.96 Å². The molecule has 0 radical (unpaired) electrons. The number of nitrogens with zero attached hydrogens (tertiary/aromatic N) is 1. The van der Waals surface area contributed by atoms with Crippen LogP contribution in [-0.4, -0.2) is 52.6 Å². The van der Waals surface area contributed by atoms with Crippen molar-refractivity contribution < 1.29 is 18.9 Å². The standard InChI is InChI=1S/C18H27N3O4/c1-19-18(21-13-8-12-5-6-14(13)25-12)20-10-11-7-16(23-3)17(24-4)9-15(11)22-2/h7,9,12-14H,5-6,8,10H2,1-4H3,(H2,19,20,21). The first-order valence-corrected chi connectivity index (χ1v) is 8.60. The van der Waals surface area contributed by atoms with Crippen molar-refractivity contribution in [1.82, 2.24) is 10.6 Å². The number of benzene rings is 1. The van der Waals surface area contributed by atoms with E-state index in [4.69, 9.17) is 18.9 Å². The van der Waals surface area contributed by atoms with Crippen molar-refractivity contribution in [3.63, 3.8) is 0 Å². The second kappa shape index (κ2) is 7.82. The fourth-order valence-electron chi connectivity index (χ4n) is 3.57. The molecule has 2 bridgehead atoms. The van der Waals surface area contributed by atoms with Crippen molar-refractivity contribution in [3.8, 4) is 17.2 Å². The van der Waals surface area contributed by atoms with Gasteiger partial charge in [0, 0.05) is 25.2 Å². The summed E-state index contributed by atoms with van der Waals surface area (Å²) in [5, 5.41) is 6.82. The largest absolute Gasteiger partial charge is 0.496 e. The number of methoxy groups -OCH3 is 3. The molecule has 2 aliphatic heterocycles. The van der Waals surface area contributed by atoms with E-state index in [0.717, 1.165) is 30.1 Å². The number of hydrogen-bond acceptors (Lipinski definition) is 5. The molecule has 7 heteroatoms. The molecule has 0 amide bonds. The quantitative estimate of drug-likeness (QED) is 0.602. The van der Waals surface area contributed by atoms with Gasteiger partial charge in [0.05, 0.1) is 39.6 Å². The predicted octanol–water partition coefficient (Wildman–Crippen LogP) is 1.70. The Kier molecular flexibility index (Phi) is 5.53. The van der Waals surface area contributed by atoms with Crippen LogP contribution >= 0.6 is 0 Å². The summed E-state index contributed by atoms with van der Waals surface area (Å²) in [6, 6.07) is 4.08. The van der Waals surface area contributed by atoms with E-state index < -0.39 is 0 Å². The summed E-state index contributed by atoms with van der Waals surface area (Å²) in [4.78, 5) is 4.32. The molecule has 2 fully saturated rings. The molecule has 3 unspecified atom stereocenters. The summed E-state index contributed by atoms with van der Waals surface area (Å²) in [5.41, 5.74) is 0.965. The van der Waals surface area contributed by atoms with Crippen LogP contribution in [0.2, 0.25) is 0 Å². The average Bonchev–Trinajstić information content (AvgIpc) is 3.27. The summed E-state index contributed by atoms with van der Waals surface area (Å²) >= 11 is 0. The van der Waals surface area contributed by atoms with E-state index in [2.05, 4.69) is 15.6 Å². The lowest BCUT2D eigenvalue weighted by atomic mass is 9.96. The van der Waals surface area contributed by atoms with Gasteiger partial charge in [-0.25, -0.2) is 0 Å². The maximum Gasteiger partial charge on any atom is 0.191 e. The lowest BCUT2D eigenvalue weighted by molar-refractivity contribution is 0.0992. The third-order valence-electron chi connectivity index (χ3n) is 4.88. The Morgan fingerprint density at radius 3 is 2.40 bits per heavy atom. The van der Waals surface area contributed by atoms with Crippen LogP contribution in [0.25, 0.3) is 0 Å². The van der Waals surface area contributed by atoms with Crippen LogP contribution in [0.4, 0.5) is 0 Å². The molecular weight excluding hydrogens is 322 g/mol. The summed E-state index contributed by atoms with van der Waals surface area (Å²) in [5.74, 6) is 2.82. The fourth-order valence-corrected chi connectivity index (χ4v) is 3.57. The molecule has 1 aromatic rings. The zero-order valence-corrected chi connectivity index (χ0v) is 15.3. The molecule has 0 aromatic heterocycles. The number of rotatable bonds is 6. The van der Waals surface area contributed by atoms with Gasteiger partial charge in [-0.1, -0.05) is 0 Å². The van der Waals surface area contributed by atoms with Gasteiger partial charge in [-0.15, -0.1) is 0 Å². The number of aliphatic imine (C=N–C) groups is 1. The molecule has 25 heavy (non-hydrogen) atoms. The summed E-state index contributed by atoms with van der Waals surface area (Å²) < 4.78 is 22.1. The molecule has 0 aliphatic carbocycles. The molecule has 1 aromatic carbocycles. The Morgan fingerprint density at radius 2 is 1.84 bits per heavy atom. The van der Waals surface area contributed by atoms with E-state index in [1.807, 2.05) is 12.1 Å². The van der Waals surface area contributed by atoms with Crippen LogP contribution < -0.4 is 24.8 Å². The predicted molar refractivity (Wildman–Crippen MR) is 95.7 cm³/mol. The van der Waals surface area contributed by atoms with E-state index in [1.54, 1.807) is 28.4 Å². The zero-order chi connectivity index (χ0) is 17.8. The van der Waals surface area contributed by atoms with Gasteiger partial charge >= 0.3 is 0 Å². The van der Waals surface area contributed by atoms with Crippen molar-refractivity contribution in [1.29, 1.82) is 0 Å². The second-order valence-corrected chi connectivity index (χ2v) is 6.31. The van der Waals surface area contributed by atoms with Crippen molar-refractivity contribution in [2.24, 2.45) is 4.99 Å². The van der Waals surface area contributed by atoms with Crippen LogP contribution in [0.1, 0.15) is 24.8 Å². The normalized spacial score (nSPS) is 25.0. The van der Waals surface area contributed by atoms with E-state index in [-0.39, 0.29) is 0 Å². The molecule has 7 nitrogen and oxygen atoms in total. The maximum absolute atomic E-state index is 5.89. The van der Waals surface area contributed by atoms with Gasteiger partial charge in [-0.2, -0.15) is 0 Å². The minimum absolute atomic E-state index is 0.305. The summed E-state index contributed by atoms with van der Waals surface area (Å²) in [6.45, 7) is 0.560. The topological polar surface area (TPSA) is 73.3 Å². The highest BCUT2D eigenvalue weighted by molar-refractivity contribution is 5.80. The third-order valence-corrected chi connectivity index (χ3v) is 4.88. The minimum atomic E-state index is 0.305. The molecule has 0 spiro atoms. The smallest absolute Gasteiger partial charge is 0.191 e. The highest BCUT2D eigenvalue weighted by Crippen LogP contribution is 2.35. The Labute approximate surface area is 148 Å². The molecule has 138 valence electrons. The zero-order valence-electron chi connectivity index (χ0n) is 15.3. The van der Waals surface area contributed by atoms with Crippen LogP contribution in [0.15, 0.2) is 17.1 Å². The van der Waals surface area contributed by atoms with Crippen LogP contribution in [0.5, 0.6) is 17.2 Å². The summed E-state index contributed by atoms with van der Waals surface area (Å²) in [6.07, 6.45) is 4.07. The lowest BCUT2D eigenvalue weighted by Crippen LogP contribution is -2.47. The highest BCUT2D eigenvalue weighted by Gasteiger charge is 2.41. The number of hydrogen-bond donors (Lipinski definition) is 2. The SMILES string of the molecule is CN=C(NCc1cc(OC)c(OC)cc1OC)NC1CC2CCC1O2. The molecule has 2 heterocycles. The van der Waals surface area contributed by atoms with Crippen LogP contribution in [0.3, 0.4) is 0 Å². The second-order valence-electron chi connectivity index (χ2n) is 6.31. The highest BCUT2D eigenvalue weighted by atomic mass is 16.5. The number of ether oxygens (including phenoxy) is 4. The number of fused-ring (bicyclic) bond motifs is 2. The first-order chi connectivity index (χ1) is 12.2. The molecule has 2 N–H and O–H groups in total. The summed E-state index contributed by atoms with van der Waals surface area (Å²) in [7, 11) is 6.65. The Bertz CT molecular complexity index is 635. The molecule has 2 aliphatic rings. The number of nitrogens with one attached hydrogen (secondary N) is 2. The Balaban J connectivity index is 1.65. The van der Waals surface area contributed by atoms with Gasteiger partial charge in [0.2, 0.25) is 0 Å². The van der Waals surface area contributed by atoms with Crippen molar-refractivity contribution in [2.75, 3.05) is 28.4 Å². The molecule has 2 saturated heterocycles. The molecule has 3 rings (SSSR count). The molecular formula is C18H27N3O4. The van der Waals surface area contributed by atoms with E-state index in [1.165, 1.54) is 6.42 Å². The number of guanidine groups is 1. The molecule has 0 saturated carbocycles. The average molecular weight is 349 g/mol. The van der Waals surface area contributed by atoms with Crippen LogP contribution in [-0.2, 0) is 11.3 Å². The fraction of sp³-hybridized carbons (Fsp3) is 0.611. The Morgan fingerprint density at radius 1 is 1.12 bits per heavy atom. The Hall–Kier alpha value is -2.15. The van der Waals surface area contributed by atoms with Gasteiger partial charge in [-0.05, 0) is 25.3 Å². The van der Waals surface area contributed by atoms with E-state index in [9.17, 15) is 0 Å². The maximum atomic E-state index is 5.89. The van der Waals surface area contributed by atoms with Crippen LogP contribution in [0, 0.1) is 0 Å². The molecule has 3 atom stereocenters. The van der Waals surface area contributed by atoms with Gasteiger partial charge in [0.15, 0.2) is 17.5 Å². The monoisotopic (exact) mass is 349 g/mol. The van der Waals surface area contributed by atoms with Gasteiger partial charge in [0.25, 0.3) is 0 Å². The third kappa shape index (κ3) is 3.76. The lowest BCUT2D eigenvalue weighted by Gasteiger charge is -2.23. The van der Waals surface area contributed by atoms with Gasteiger partial charge in [-0.3, -0.25) is 4.99 Å². The van der Waals surface area contributed by atoms with Gasteiger partial charge in [0.1, 0.15) is 5.75 Å². The first kappa shape index (κ1) is 17.7. The van der Waals surface area contributed by atoms with Gasteiger partial charge < -0.3 is 29.6 Å². The van der Waals surface area contributed by atoms with Crippen molar-refractivity contribution in [2.45, 2.75) is 44.1 Å².